The van der Waals surface area contributed by atoms with Gasteiger partial charge in [0.2, 0.25) is 0 Å². The van der Waals surface area contributed by atoms with E-state index in [1.54, 1.807) is 0 Å². The Morgan fingerprint density at radius 1 is 1.12 bits per heavy atom. The van der Waals surface area contributed by atoms with Gasteiger partial charge in [0.25, 0.3) is 0 Å². The first-order valence-corrected chi connectivity index (χ1v) is 9.10. The molecule has 1 fully saturated rings. The first-order chi connectivity index (χ1) is 12.3. The van der Waals surface area contributed by atoms with Crippen molar-refractivity contribution >= 4 is 5.96 Å². The number of aliphatic hydroxyl groups excluding tert-OH is 1. The highest BCUT2D eigenvalue weighted by Crippen LogP contribution is 2.40. The van der Waals surface area contributed by atoms with E-state index in [9.17, 15) is 5.11 Å². The lowest BCUT2D eigenvalue weighted by Gasteiger charge is -2.13. The summed E-state index contributed by atoms with van der Waals surface area (Å²) in [5.74, 6) is 1.41. The van der Waals surface area contributed by atoms with E-state index in [0.29, 0.717) is 24.9 Å². The summed E-state index contributed by atoms with van der Waals surface area (Å²) in [7, 11) is 0. The van der Waals surface area contributed by atoms with Crippen LogP contribution in [0.1, 0.15) is 42.9 Å². The predicted octanol–water partition coefficient (Wildman–Crippen LogP) is 3.22. The highest BCUT2D eigenvalue weighted by molar-refractivity contribution is 5.80. The van der Waals surface area contributed by atoms with Gasteiger partial charge in [0.15, 0.2) is 5.96 Å². The number of nitrogens with one attached hydrogen (secondary N) is 2. The summed E-state index contributed by atoms with van der Waals surface area (Å²) in [6, 6.07) is 20.8. The molecule has 0 radical (unpaired) electrons. The molecule has 2 aromatic carbocycles. The number of aliphatic imine (C=N–C) groups is 1. The molecule has 4 nitrogen and oxygen atoms in total. The van der Waals surface area contributed by atoms with Crippen molar-refractivity contribution in [2.24, 2.45) is 4.99 Å². The van der Waals surface area contributed by atoms with Crippen LogP contribution >= 0.6 is 0 Å². The van der Waals surface area contributed by atoms with Gasteiger partial charge in [-0.15, -0.1) is 0 Å². The minimum absolute atomic E-state index is 0.444. The van der Waals surface area contributed by atoms with Gasteiger partial charge in [0.1, 0.15) is 0 Å². The number of rotatable bonds is 7. The fraction of sp³-hybridized carbons (Fsp3) is 0.381. The summed E-state index contributed by atoms with van der Waals surface area (Å²) in [5.41, 5.74) is 2.33. The molecule has 1 saturated carbocycles. The van der Waals surface area contributed by atoms with Gasteiger partial charge in [-0.3, -0.25) is 4.99 Å². The third-order valence-corrected chi connectivity index (χ3v) is 4.54. The van der Waals surface area contributed by atoms with Crippen LogP contribution < -0.4 is 10.6 Å². The van der Waals surface area contributed by atoms with Gasteiger partial charge in [0, 0.05) is 25.0 Å². The lowest BCUT2D eigenvalue weighted by atomic mass is 10.1. The molecule has 3 unspecified atom stereocenters. The van der Waals surface area contributed by atoms with Gasteiger partial charge in [-0.25, -0.2) is 0 Å². The molecule has 3 atom stereocenters. The fourth-order valence-corrected chi connectivity index (χ4v) is 3.06. The van der Waals surface area contributed by atoms with Crippen molar-refractivity contribution in [3.63, 3.8) is 0 Å². The minimum Gasteiger partial charge on any atom is -0.388 e. The number of aliphatic hydroxyl groups is 1. The Kier molecular flexibility index (Phi) is 6.07. The maximum absolute atomic E-state index is 10.2. The van der Waals surface area contributed by atoms with Crippen LogP contribution in [0.3, 0.4) is 0 Å². The number of nitrogens with zero attached hydrogens (tertiary/aromatic N) is 1. The smallest absolute Gasteiger partial charge is 0.191 e. The van der Waals surface area contributed by atoms with Crippen molar-refractivity contribution in [1.82, 2.24) is 10.6 Å². The van der Waals surface area contributed by atoms with Crippen molar-refractivity contribution in [2.45, 2.75) is 37.8 Å². The van der Waals surface area contributed by atoms with Gasteiger partial charge in [-0.2, -0.15) is 0 Å². The average molecular weight is 337 g/mol. The topological polar surface area (TPSA) is 56.7 Å². The third-order valence-electron chi connectivity index (χ3n) is 4.54. The second-order valence-corrected chi connectivity index (χ2v) is 6.48. The summed E-state index contributed by atoms with van der Waals surface area (Å²) in [6.07, 6.45) is 1.29. The molecule has 4 heteroatoms. The van der Waals surface area contributed by atoms with E-state index < -0.39 is 6.10 Å². The van der Waals surface area contributed by atoms with Crippen LogP contribution in [-0.4, -0.2) is 30.2 Å². The molecule has 0 aromatic heterocycles. The molecule has 3 N–H and O–H groups in total. The van der Waals surface area contributed by atoms with E-state index in [-0.39, 0.29) is 0 Å². The van der Waals surface area contributed by atoms with Crippen LogP contribution in [-0.2, 0) is 0 Å². The molecule has 1 aliphatic carbocycles. The molecule has 0 heterocycles. The second kappa shape index (κ2) is 8.67. The van der Waals surface area contributed by atoms with Crippen LogP contribution in [0, 0.1) is 0 Å². The molecule has 132 valence electrons. The van der Waals surface area contributed by atoms with Gasteiger partial charge >= 0.3 is 0 Å². The molecular formula is C21H27N3O. The molecule has 25 heavy (non-hydrogen) atoms. The minimum atomic E-state index is -0.467. The number of guanidine groups is 1. The van der Waals surface area contributed by atoms with Gasteiger partial charge in [-0.05, 0) is 30.9 Å². The number of benzene rings is 2. The predicted molar refractivity (Wildman–Crippen MR) is 103 cm³/mol. The number of hydrogen-bond donors (Lipinski definition) is 3. The van der Waals surface area contributed by atoms with Crippen LogP contribution in [0.5, 0.6) is 0 Å². The zero-order chi connectivity index (χ0) is 17.5. The maximum atomic E-state index is 10.2. The maximum Gasteiger partial charge on any atom is 0.191 e. The van der Waals surface area contributed by atoms with Gasteiger partial charge in [0.05, 0.1) is 6.10 Å². The molecule has 0 amide bonds. The molecule has 0 saturated heterocycles. The molecule has 0 spiro atoms. The standard InChI is InChI=1S/C21H27N3O/c1-2-22-21(23-14-13-20(25)17-11-7-4-8-12-17)24-19-15-18(19)16-9-5-3-6-10-16/h3-12,18-20,25H,2,13-15H2,1H3,(H2,22,23,24). The summed E-state index contributed by atoms with van der Waals surface area (Å²) in [5, 5.41) is 17.0. The molecular weight excluding hydrogens is 310 g/mol. The Morgan fingerprint density at radius 3 is 2.48 bits per heavy atom. The van der Waals surface area contributed by atoms with Crippen LogP contribution in [0.4, 0.5) is 0 Å². The van der Waals surface area contributed by atoms with Crippen LogP contribution in [0.2, 0.25) is 0 Å². The first kappa shape index (κ1) is 17.5. The second-order valence-electron chi connectivity index (χ2n) is 6.48. The molecule has 2 aromatic rings. The van der Waals surface area contributed by atoms with Gasteiger partial charge in [-0.1, -0.05) is 60.7 Å². The quantitative estimate of drug-likeness (QED) is 0.537. The zero-order valence-corrected chi connectivity index (χ0v) is 14.7. The van der Waals surface area contributed by atoms with Crippen molar-refractivity contribution in [3.05, 3.63) is 71.8 Å². The summed E-state index contributed by atoms with van der Waals surface area (Å²) < 4.78 is 0. The van der Waals surface area contributed by atoms with E-state index in [0.717, 1.165) is 24.5 Å². The Hall–Kier alpha value is -2.33. The van der Waals surface area contributed by atoms with Crippen molar-refractivity contribution < 1.29 is 5.11 Å². The third kappa shape index (κ3) is 5.07. The normalized spacial score (nSPS) is 20.8. The molecule has 0 bridgehead atoms. The Balaban J connectivity index is 1.50. The molecule has 0 aliphatic heterocycles. The lowest BCUT2D eigenvalue weighted by Crippen LogP contribution is -2.39. The summed E-state index contributed by atoms with van der Waals surface area (Å²) in [6.45, 7) is 3.49. The monoisotopic (exact) mass is 337 g/mol. The number of hydrogen-bond acceptors (Lipinski definition) is 2. The SMILES string of the molecule is CCNC(=NCCC(O)c1ccccc1)NC1CC1c1ccccc1. The van der Waals surface area contributed by atoms with Crippen LogP contribution in [0.15, 0.2) is 65.7 Å². The first-order valence-electron chi connectivity index (χ1n) is 9.10. The van der Waals surface area contributed by atoms with Gasteiger partial charge < -0.3 is 15.7 Å². The summed E-state index contributed by atoms with van der Waals surface area (Å²) in [4.78, 5) is 4.62. The fourth-order valence-electron chi connectivity index (χ4n) is 3.06. The van der Waals surface area contributed by atoms with Crippen LogP contribution in [0.25, 0.3) is 0 Å². The lowest BCUT2D eigenvalue weighted by molar-refractivity contribution is 0.170. The molecule has 3 rings (SSSR count). The van der Waals surface area contributed by atoms with Crippen molar-refractivity contribution in [3.8, 4) is 0 Å². The highest BCUT2D eigenvalue weighted by Gasteiger charge is 2.38. The summed E-state index contributed by atoms with van der Waals surface area (Å²) >= 11 is 0. The van der Waals surface area contributed by atoms with E-state index in [2.05, 4.69) is 52.9 Å². The average Bonchev–Trinajstić information content (AvgIpc) is 3.42. The Morgan fingerprint density at radius 2 is 1.80 bits per heavy atom. The van der Waals surface area contributed by atoms with Crippen molar-refractivity contribution in [1.29, 1.82) is 0 Å². The zero-order valence-electron chi connectivity index (χ0n) is 14.7. The van der Waals surface area contributed by atoms with Crippen molar-refractivity contribution in [2.75, 3.05) is 13.1 Å². The van der Waals surface area contributed by atoms with E-state index >= 15 is 0 Å². The van der Waals surface area contributed by atoms with E-state index in [1.807, 2.05) is 30.3 Å². The molecule has 1 aliphatic rings. The van der Waals surface area contributed by atoms with E-state index in [1.165, 1.54) is 5.56 Å². The Bertz CT molecular complexity index is 672. The van der Waals surface area contributed by atoms with E-state index in [4.69, 9.17) is 0 Å². The Labute approximate surface area is 150 Å². The largest absolute Gasteiger partial charge is 0.388 e. The highest BCUT2D eigenvalue weighted by atomic mass is 16.3.